The lowest BCUT2D eigenvalue weighted by Gasteiger charge is -2.03. The van der Waals surface area contributed by atoms with Crippen LogP contribution >= 0.6 is 0 Å². The van der Waals surface area contributed by atoms with Crippen LogP contribution in [0.15, 0.2) is 27.8 Å². The lowest BCUT2D eigenvalue weighted by Crippen LogP contribution is -2.16. The highest BCUT2D eigenvalue weighted by atomic mass is 16.5. The predicted molar refractivity (Wildman–Crippen MR) is 63.0 cm³/mol. The second-order valence-electron chi connectivity index (χ2n) is 4.52. The van der Waals surface area contributed by atoms with Gasteiger partial charge in [0.1, 0.15) is 12.1 Å². The summed E-state index contributed by atoms with van der Waals surface area (Å²) in [5, 5.41) is 12.7. The van der Waals surface area contributed by atoms with Gasteiger partial charge in [-0.2, -0.15) is 4.98 Å². The fourth-order valence-electron chi connectivity index (χ4n) is 1.78. The van der Waals surface area contributed by atoms with Gasteiger partial charge in [-0.25, -0.2) is 4.79 Å². The summed E-state index contributed by atoms with van der Waals surface area (Å²) in [7, 11) is 0. The monoisotopic (exact) mass is 261 g/mol. The molecule has 0 atom stereocenters. The minimum absolute atomic E-state index is 0.250. The fourth-order valence-corrected chi connectivity index (χ4v) is 1.78. The van der Waals surface area contributed by atoms with Crippen molar-refractivity contribution in [3.8, 4) is 0 Å². The van der Waals surface area contributed by atoms with Crippen LogP contribution in [0.1, 0.15) is 40.8 Å². The summed E-state index contributed by atoms with van der Waals surface area (Å²) in [5.41, 5.74) is -0.794. The highest BCUT2D eigenvalue weighted by Crippen LogP contribution is 2.38. The maximum Gasteiger partial charge on any atom is 0.341 e. The van der Waals surface area contributed by atoms with Crippen molar-refractivity contribution in [1.82, 2.24) is 14.7 Å². The molecule has 0 saturated heterocycles. The summed E-state index contributed by atoms with van der Waals surface area (Å²) in [6, 6.07) is 1.21. The molecule has 0 amide bonds. The van der Waals surface area contributed by atoms with Gasteiger partial charge in [0.25, 0.3) is 0 Å². The van der Waals surface area contributed by atoms with Gasteiger partial charge >= 0.3 is 5.97 Å². The third-order valence-electron chi connectivity index (χ3n) is 2.95. The number of carbonyl (C=O) groups is 1. The van der Waals surface area contributed by atoms with E-state index in [1.54, 1.807) is 0 Å². The summed E-state index contributed by atoms with van der Waals surface area (Å²) >= 11 is 0. The zero-order valence-corrected chi connectivity index (χ0v) is 9.94. The molecule has 7 nitrogen and oxygen atoms in total. The highest BCUT2D eigenvalue weighted by Gasteiger charge is 2.28. The number of hydrogen-bond acceptors (Lipinski definition) is 5. The van der Waals surface area contributed by atoms with Crippen molar-refractivity contribution in [1.29, 1.82) is 0 Å². The van der Waals surface area contributed by atoms with Gasteiger partial charge in [0.2, 0.25) is 5.89 Å². The molecule has 1 N–H and O–H groups in total. The predicted octanol–water partition coefficient (Wildman–Crippen LogP) is 0.855. The van der Waals surface area contributed by atoms with Crippen molar-refractivity contribution in [3.05, 3.63) is 46.0 Å². The Morgan fingerprint density at radius 2 is 2.32 bits per heavy atom. The first-order valence-electron chi connectivity index (χ1n) is 5.89. The van der Waals surface area contributed by atoms with E-state index in [2.05, 4.69) is 10.1 Å². The zero-order valence-electron chi connectivity index (χ0n) is 9.94. The van der Waals surface area contributed by atoms with Crippen molar-refractivity contribution in [2.75, 3.05) is 0 Å². The lowest BCUT2D eigenvalue weighted by atomic mass is 10.3. The van der Waals surface area contributed by atoms with Crippen molar-refractivity contribution >= 4 is 5.97 Å². The Balaban J connectivity index is 1.83. The number of rotatable bonds is 4. The maximum atomic E-state index is 11.3. The van der Waals surface area contributed by atoms with Gasteiger partial charge in [0.05, 0.1) is 0 Å². The first-order valence-corrected chi connectivity index (χ1v) is 5.89. The molecule has 0 spiro atoms. The Hall–Kier alpha value is -2.44. The normalized spacial score (nSPS) is 14.5. The van der Waals surface area contributed by atoms with Gasteiger partial charge in [-0.15, -0.1) is 0 Å². The molecule has 0 unspecified atom stereocenters. The van der Waals surface area contributed by atoms with Gasteiger partial charge in [0, 0.05) is 24.4 Å². The summed E-state index contributed by atoms with van der Waals surface area (Å²) in [6.45, 7) is 0.250. The minimum atomic E-state index is -1.25. The van der Waals surface area contributed by atoms with Gasteiger partial charge in [0.15, 0.2) is 11.3 Å². The van der Waals surface area contributed by atoms with Gasteiger partial charge in [-0.05, 0) is 12.8 Å². The third-order valence-corrected chi connectivity index (χ3v) is 2.95. The molecule has 1 aliphatic carbocycles. The summed E-state index contributed by atoms with van der Waals surface area (Å²) in [5.74, 6) is 0.265. The number of carboxylic acids is 1. The molecule has 19 heavy (non-hydrogen) atoms. The van der Waals surface area contributed by atoms with Crippen molar-refractivity contribution in [2.45, 2.75) is 25.3 Å². The Bertz CT molecular complexity index is 684. The standard InChI is InChI=1S/C12H11N3O4/c16-9-3-4-15(5-8(9)12(17)18)6-10-13-11(14-19-10)7-1-2-7/h3-5,7H,1-2,6H2,(H,17,18). The molecule has 1 saturated carbocycles. The number of pyridine rings is 1. The molecule has 0 aliphatic heterocycles. The molecule has 1 fully saturated rings. The van der Waals surface area contributed by atoms with E-state index in [4.69, 9.17) is 9.63 Å². The number of hydrogen-bond donors (Lipinski definition) is 1. The van der Waals surface area contributed by atoms with E-state index in [1.807, 2.05) is 0 Å². The molecule has 3 rings (SSSR count). The van der Waals surface area contributed by atoms with E-state index in [9.17, 15) is 9.59 Å². The van der Waals surface area contributed by atoms with Crippen molar-refractivity contribution < 1.29 is 14.4 Å². The molecule has 98 valence electrons. The number of aromatic nitrogens is 3. The van der Waals surface area contributed by atoms with Crippen LogP contribution in [-0.2, 0) is 6.54 Å². The molecule has 0 aromatic carbocycles. The first-order chi connectivity index (χ1) is 9.13. The van der Waals surface area contributed by atoms with E-state index >= 15 is 0 Å². The molecule has 1 aliphatic rings. The smallest absolute Gasteiger partial charge is 0.341 e. The second-order valence-corrected chi connectivity index (χ2v) is 4.52. The number of nitrogens with zero attached hydrogens (tertiary/aromatic N) is 3. The van der Waals surface area contributed by atoms with E-state index < -0.39 is 11.4 Å². The van der Waals surface area contributed by atoms with Crippen LogP contribution in [0.2, 0.25) is 0 Å². The molecule has 2 heterocycles. The van der Waals surface area contributed by atoms with Crippen LogP contribution < -0.4 is 5.43 Å². The van der Waals surface area contributed by atoms with Crippen molar-refractivity contribution in [3.63, 3.8) is 0 Å². The van der Waals surface area contributed by atoms with E-state index in [1.165, 1.54) is 23.0 Å². The fraction of sp³-hybridized carbons (Fsp3) is 0.333. The molecule has 0 bridgehead atoms. The molecule has 2 aromatic rings. The van der Waals surface area contributed by atoms with Gasteiger partial charge < -0.3 is 14.2 Å². The first kappa shape index (κ1) is 11.6. The topological polar surface area (TPSA) is 98.2 Å². The molecule has 2 aromatic heterocycles. The Kier molecular flexibility index (Phi) is 2.66. The Labute approximate surface area is 107 Å². The van der Waals surface area contributed by atoms with Gasteiger partial charge in [-0.1, -0.05) is 5.16 Å². The summed E-state index contributed by atoms with van der Waals surface area (Å²) < 4.78 is 6.63. The number of carboxylic acid groups (broad SMARTS) is 1. The van der Waals surface area contributed by atoms with Crippen LogP contribution in [-0.4, -0.2) is 25.8 Å². The zero-order chi connectivity index (χ0) is 13.4. The van der Waals surface area contributed by atoms with E-state index in [0.717, 1.165) is 12.8 Å². The molecule has 0 radical (unpaired) electrons. The van der Waals surface area contributed by atoms with Crippen LogP contribution in [0.5, 0.6) is 0 Å². The molecular formula is C12H11N3O4. The quantitative estimate of drug-likeness (QED) is 0.876. The average molecular weight is 261 g/mol. The largest absolute Gasteiger partial charge is 0.477 e. The minimum Gasteiger partial charge on any atom is -0.477 e. The Morgan fingerprint density at radius 1 is 1.53 bits per heavy atom. The van der Waals surface area contributed by atoms with Crippen molar-refractivity contribution in [2.24, 2.45) is 0 Å². The highest BCUT2D eigenvalue weighted by molar-refractivity contribution is 5.86. The lowest BCUT2D eigenvalue weighted by molar-refractivity contribution is 0.0694. The maximum absolute atomic E-state index is 11.3. The van der Waals surface area contributed by atoms with E-state index in [0.29, 0.717) is 17.6 Å². The van der Waals surface area contributed by atoms with E-state index in [-0.39, 0.29) is 12.1 Å². The van der Waals surface area contributed by atoms with Crippen LogP contribution in [0.25, 0.3) is 0 Å². The number of aromatic carboxylic acids is 1. The SMILES string of the molecule is O=C(O)c1cn(Cc2nc(C3CC3)no2)ccc1=O. The average Bonchev–Trinajstić information content (AvgIpc) is 3.12. The summed E-state index contributed by atoms with van der Waals surface area (Å²) in [4.78, 5) is 26.4. The van der Waals surface area contributed by atoms with Crippen LogP contribution in [0, 0.1) is 0 Å². The summed E-state index contributed by atoms with van der Waals surface area (Å²) in [6.07, 6.45) is 4.93. The van der Waals surface area contributed by atoms with Gasteiger partial charge in [-0.3, -0.25) is 4.79 Å². The molecular weight excluding hydrogens is 250 g/mol. The van der Waals surface area contributed by atoms with Crippen LogP contribution in [0.3, 0.4) is 0 Å². The molecule has 7 heteroatoms. The third kappa shape index (κ3) is 2.40. The van der Waals surface area contributed by atoms with Crippen LogP contribution in [0.4, 0.5) is 0 Å². The Morgan fingerprint density at radius 3 is 3.00 bits per heavy atom. The second kappa shape index (κ2) is 4.34.